The molecule has 0 radical (unpaired) electrons. The number of amides is 4. The van der Waals surface area contributed by atoms with Crippen molar-refractivity contribution in [1.82, 2.24) is 9.80 Å². The molecule has 2 aliphatic rings. The molecule has 0 saturated carbocycles. The summed E-state index contributed by atoms with van der Waals surface area (Å²) in [5, 5.41) is 0. The third-order valence-corrected chi connectivity index (χ3v) is 7.89. The summed E-state index contributed by atoms with van der Waals surface area (Å²) in [6.07, 6.45) is 4.94. The molecule has 1 aliphatic heterocycles. The summed E-state index contributed by atoms with van der Waals surface area (Å²) < 4.78 is 71.8. The second-order valence-electron chi connectivity index (χ2n) is 11.0. The normalized spacial score (nSPS) is 15.2. The van der Waals surface area contributed by atoms with Crippen molar-refractivity contribution in [1.29, 1.82) is 0 Å². The number of aryl methyl sites for hydroxylation is 1. The topological polar surface area (TPSA) is 88.6 Å². The minimum Gasteiger partial charge on any atom is -0.493 e. The van der Waals surface area contributed by atoms with Crippen LogP contribution in [0.2, 0.25) is 0 Å². The van der Waals surface area contributed by atoms with Gasteiger partial charge in [-0.2, -0.15) is 0 Å². The van der Waals surface area contributed by atoms with E-state index >= 15 is 4.39 Å². The Labute approximate surface area is 265 Å². The number of methoxy groups -OCH3 is 1. The van der Waals surface area contributed by atoms with Crippen molar-refractivity contribution in [3.63, 3.8) is 0 Å². The summed E-state index contributed by atoms with van der Waals surface area (Å²) in [5.41, 5.74) is 1.46. The van der Waals surface area contributed by atoms with Crippen LogP contribution in [0, 0.1) is 12.7 Å². The lowest BCUT2D eigenvalue weighted by Crippen LogP contribution is -2.52. The predicted octanol–water partition coefficient (Wildman–Crippen LogP) is 5.99. The fourth-order valence-corrected chi connectivity index (χ4v) is 5.38. The molecule has 0 N–H and O–H groups in total. The lowest BCUT2D eigenvalue weighted by atomic mass is 10.0. The molecule has 248 valence electrons. The van der Waals surface area contributed by atoms with Gasteiger partial charge in [0.15, 0.2) is 29.2 Å². The van der Waals surface area contributed by atoms with Gasteiger partial charge in [0.25, 0.3) is 0 Å². The molecular formula is C33H37F4N3O6. The van der Waals surface area contributed by atoms with Gasteiger partial charge in [0.1, 0.15) is 25.8 Å². The van der Waals surface area contributed by atoms with E-state index < -0.39 is 37.3 Å². The van der Waals surface area contributed by atoms with E-state index in [1.54, 1.807) is 36.1 Å². The molecule has 0 bridgehead atoms. The highest BCUT2D eigenvalue weighted by atomic mass is 19.1. The molecule has 1 heterocycles. The van der Waals surface area contributed by atoms with Crippen LogP contribution in [0.3, 0.4) is 0 Å². The molecule has 46 heavy (non-hydrogen) atoms. The smallest absolute Gasteiger partial charge is 0.331 e. The van der Waals surface area contributed by atoms with Crippen molar-refractivity contribution in [2.75, 3.05) is 45.1 Å². The Morgan fingerprint density at radius 1 is 1.02 bits per heavy atom. The van der Waals surface area contributed by atoms with Crippen LogP contribution < -0.4 is 19.1 Å². The highest BCUT2D eigenvalue weighted by molar-refractivity contribution is 5.98. The fourth-order valence-electron chi connectivity index (χ4n) is 5.38. The fraction of sp³-hybridized carbons (Fsp3) is 0.424. The van der Waals surface area contributed by atoms with Gasteiger partial charge in [0.05, 0.1) is 19.3 Å². The molecule has 4 rings (SSSR count). The van der Waals surface area contributed by atoms with Crippen molar-refractivity contribution in [2.24, 2.45) is 0 Å². The number of carbonyl (C=O) groups is 3. The van der Waals surface area contributed by atoms with Gasteiger partial charge in [-0.1, -0.05) is 12.1 Å². The van der Waals surface area contributed by atoms with Crippen LogP contribution >= 0.6 is 0 Å². The number of hydrogen-bond acceptors (Lipinski definition) is 6. The molecule has 2 aromatic rings. The largest absolute Gasteiger partial charge is 0.493 e. The van der Waals surface area contributed by atoms with E-state index in [1.165, 1.54) is 24.2 Å². The number of imide groups is 1. The molecular weight excluding hydrogens is 610 g/mol. The standard InChI is InChI=1S/C33H37F4N3O6/c1-22-13-31(46-26(16-34)17-35)28(37)15-29(22)40(25-9-11-38(20-41)12-10-25)33(43)39(21-42)18-23-7-8-30(32(14-23)44-2)45-19-24-5-3-4-6-27(24)36/h5-8,13-15,20-21,25-26H,3-4,9-12,16-19H2,1-2H3. The maximum atomic E-state index is 15.2. The van der Waals surface area contributed by atoms with E-state index in [9.17, 15) is 27.6 Å². The monoisotopic (exact) mass is 647 g/mol. The maximum Gasteiger partial charge on any atom is 0.331 e. The lowest BCUT2D eigenvalue weighted by Gasteiger charge is -2.39. The summed E-state index contributed by atoms with van der Waals surface area (Å²) in [5.74, 6) is -0.987. The Morgan fingerprint density at radius 2 is 1.74 bits per heavy atom. The number of likely N-dealkylation sites (tertiary alicyclic amines) is 1. The molecule has 0 aromatic heterocycles. The van der Waals surface area contributed by atoms with Crippen LogP contribution in [-0.4, -0.2) is 81.0 Å². The first-order valence-electron chi connectivity index (χ1n) is 14.9. The minimum absolute atomic E-state index is 0.00315. The van der Waals surface area contributed by atoms with Crippen LogP contribution in [0.5, 0.6) is 17.2 Å². The first-order valence-corrected chi connectivity index (χ1v) is 14.9. The zero-order valence-corrected chi connectivity index (χ0v) is 25.7. The third kappa shape index (κ3) is 8.18. The summed E-state index contributed by atoms with van der Waals surface area (Å²) in [7, 11) is 1.43. The van der Waals surface area contributed by atoms with Gasteiger partial charge in [-0.15, -0.1) is 0 Å². The average Bonchev–Trinajstić information content (AvgIpc) is 3.08. The van der Waals surface area contributed by atoms with Gasteiger partial charge in [0.2, 0.25) is 12.8 Å². The van der Waals surface area contributed by atoms with Crippen LogP contribution in [0.1, 0.15) is 36.8 Å². The highest BCUT2D eigenvalue weighted by Crippen LogP contribution is 2.34. The van der Waals surface area contributed by atoms with Crippen molar-refractivity contribution in [3.05, 3.63) is 70.8 Å². The van der Waals surface area contributed by atoms with E-state index in [4.69, 9.17) is 14.2 Å². The lowest BCUT2D eigenvalue weighted by molar-refractivity contribution is -0.119. The number of ether oxygens (including phenoxy) is 3. The number of alkyl halides is 2. The first-order chi connectivity index (χ1) is 22.2. The van der Waals surface area contributed by atoms with Crippen LogP contribution in [0.25, 0.3) is 0 Å². The van der Waals surface area contributed by atoms with Gasteiger partial charge in [0, 0.05) is 30.8 Å². The van der Waals surface area contributed by atoms with Crippen LogP contribution in [-0.2, 0) is 16.1 Å². The molecule has 1 fully saturated rings. The summed E-state index contributed by atoms with van der Waals surface area (Å²) >= 11 is 0. The molecule has 9 nitrogen and oxygen atoms in total. The molecule has 0 atom stereocenters. The number of nitrogens with zero attached hydrogens (tertiary/aromatic N) is 3. The molecule has 2 aromatic carbocycles. The molecule has 1 saturated heterocycles. The SMILES string of the molecule is COc1cc(CN(C=O)C(=O)N(c2cc(F)c(OC(CF)CF)cc2C)C2CCN(C=O)CC2)ccc1OCC1=CCCC=C1F. The average molecular weight is 648 g/mol. The van der Waals surface area contributed by atoms with E-state index in [0.29, 0.717) is 79.8 Å². The highest BCUT2D eigenvalue weighted by Gasteiger charge is 2.34. The zero-order valence-electron chi connectivity index (χ0n) is 25.7. The second-order valence-corrected chi connectivity index (χ2v) is 11.0. The van der Waals surface area contributed by atoms with Crippen LogP contribution in [0.15, 0.2) is 53.9 Å². The number of rotatable bonds is 14. The second kappa shape index (κ2) is 16.1. The van der Waals surface area contributed by atoms with E-state index in [-0.39, 0.29) is 30.4 Å². The molecule has 13 heteroatoms. The van der Waals surface area contributed by atoms with Gasteiger partial charge in [-0.25, -0.2) is 22.4 Å². The number of carbonyl (C=O) groups excluding carboxylic acids is 3. The van der Waals surface area contributed by atoms with Gasteiger partial charge < -0.3 is 19.1 Å². The number of benzene rings is 2. The Kier molecular flexibility index (Phi) is 12.0. The quantitative estimate of drug-likeness (QED) is 0.185. The number of urea groups is 1. The molecule has 0 spiro atoms. The van der Waals surface area contributed by atoms with Gasteiger partial charge in [-0.05, 0) is 68.0 Å². The summed E-state index contributed by atoms with van der Waals surface area (Å²) in [6, 6.07) is 5.88. The summed E-state index contributed by atoms with van der Waals surface area (Å²) in [4.78, 5) is 41.5. The Bertz CT molecular complexity index is 1460. The van der Waals surface area contributed by atoms with Crippen molar-refractivity contribution >= 4 is 24.5 Å². The minimum atomic E-state index is -1.48. The Balaban J connectivity index is 1.59. The molecule has 0 unspecified atom stereocenters. The third-order valence-electron chi connectivity index (χ3n) is 7.89. The molecule has 4 amide bonds. The predicted molar refractivity (Wildman–Crippen MR) is 163 cm³/mol. The van der Waals surface area contributed by atoms with Gasteiger partial charge >= 0.3 is 6.03 Å². The van der Waals surface area contributed by atoms with Crippen molar-refractivity contribution < 1.29 is 46.2 Å². The Hall–Kier alpha value is -4.55. The first kappa shape index (κ1) is 34.3. The zero-order chi connectivity index (χ0) is 33.2. The van der Waals surface area contributed by atoms with Crippen LogP contribution in [0.4, 0.5) is 28.0 Å². The van der Waals surface area contributed by atoms with Crippen molar-refractivity contribution in [2.45, 2.75) is 51.3 Å². The Morgan fingerprint density at radius 3 is 2.37 bits per heavy atom. The van der Waals surface area contributed by atoms with E-state index in [0.717, 1.165) is 11.0 Å². The maximum absolute atomic E-state index is 15.2. The summed E-state index contributed by atoms with van der Waals surface area (Å²) in [6.45, 7) is -0.230. The number of allylic oxidation sites excluding steroid dienone is 2. The molecule has 1 aliphatic carbocycles. The van der Waals surface area contributed by atoms with Crippen molar-refractivity contribution in [3.8, 4) is 17.2 Å². The number of halogens is 4. The number of anilines is 1. The van der Waals surface area contributed by atoms with E-state index in [2.05, 4.69) is 0 Å². The van der Waals surface area contributed by atoms with E-state index in [1.807, 2.05) is 0 Å². The number of piperidine rings is 1. The van der Waals surface area contributed by atoms with Gasteiger partial charge in [-0.3, -0.25) is 19.4 Å². The number of hydrogen-bond donors (Lipinski definition) is 0.